The molecule has 1 amide bonds. The Morgan fingerprint density at radius 3 is 2.96 bits per heavy atom. The first-order valence-corrected chi connectivity index (χ1v) is 8.77. The summed E-state index contributed by atoms with van der Waals surface area (Å²) in [6.45, 7) is 6.23. The van der Waals surface area contributed by atoms with Crippen molar-refractivity contribution in [1.29, 1.82) is 0 Å². The van der Waals surface area contributed by atoms with Crippen LogP contribution in [0.25, 0.3) is 0 Å². The van der Waals surface area contributed by atoms with Crippen LogP contribution in [0.15, 0.2) is 36.5 Å². The van der Waals surface area contributed by atoms with Crippen molar-refractivity contribution in [2.75, 3.05) is 13.2 Å². The van der Waals surface area contributed by atoms with Gasteiger partial charge in [0.1, 0.15) is 5.75 Å². The van der Waals surface area contributed by atoms with Crippen LogP contribution in [0.4, 0.5) is 0 Å². The van der Waals surface area contributed by atoms with E-state index in [9.17, 15) is 4.79 Å². The number of hydrogen-bond donors (Lipinski definition) is 0. The molecule has 0 saturated carbocycles. The first kappa shape index (κ1) is 16.9. The molecule has 0 bridgehead atoms. The standard InChI is InChI=1S/C19H23ClN2O2/c1-14-13-16(7-8-17(14)20)24-12-4-6-19(23)22-11-10-21-9-3-5-18(21)15(22)2/h3,5,7-9,13,15H,4,6,10-12H2,1-2H3. The van der Waals surface area contributed by atoms with Gasteiger partial charge in [-0.3, -0.25) is 4.79 Å². The summed E-state index contributed by atoms with van der Waals surface area (Å²) in [6, 6.07) is 9.89. The zero-order valence-electron chi connectivity index (χ0n) is 14.2. The van der Waals surface area contributed by atoms with Gasteiger partial charge in [0.05, 0.1) is 12.6 Å². The highest BCUT2D eigenvalue weighted by Gasteiger charge is 2.26. The van der Waals surface area contributed by atoms with E-state index in [0.29, 0.717) is 19.4 Å². The van der Waals surface area contributed by atoms with Crippen LogP contribution in [0.1, 0.15) is 37.1 Å². The van der Waals surface area contributed by atoms with Crippen LogP contribution in [0.3, 0.4) is 0 Å². The third-order valence-electron chi connectivity index (χ3n) is 4.60. The van der Waals surface area contributed by atoms with Crippen molar-refractivity contribution in [2.45, 2.75) is 39.3 Å². The van der Waals surface area contributed by atoms with Crippen molar-refractivity contribution in [2.24, 2.45) is 0 Å². The van der Waals surface area contributed by atoms with Crippen molar-refractivity contribution in [3.63, 3.8) is 0 Å². The van der Waals surface area contributed by atoms with Gasteiger partial charge < -0.3 is 14.2 Å². The van der Waals surface area contributed by atoms with E-state index in [0.717, 1.165) is 29.4 Å². The summed E-state index contributed by atoms with van der Waals surface area (Å²) < 4.78 is 7.94. The Labute approximate surface area is 148 Å². The molecule has 0 radical (unpaired) electrons. The number of aromatic nitrogens is 1. The monoisotopic (exact) mass is 346 g/mol. The van der Waals surface area contributed by atoms with Gasteiger partial charge in [0.2, 0.25) is 5.91 Å². The van der Waals surface area contributed by atoms with Gasteiger partial charge in [-0.2, -0.15) is 0 Å². The first-order valence-electron chi connectivity index (χ1n) is 8.39. The number of carbonyl (C=O) groups excluding carboxylic acids is 1. The lowest BCUT2D eigenvalue weighted by molar-refractivity contribution is -0.134. The third kappa shape index (κ3) is 3.59. The zero-order valence-corrected chi connectivity index (χ0v) is 14.9. The van der Waals surface area contributed by atoms with E-state index in [1.807, 2.05) is 36.1 Å². The molecule has 0 aliphatic carbocycles. The van der Waals surface area contributed by atoms with Gasteiger partial charge in [-0.15, -0.1) is 0 Å². The van der Waals surface area contributed by atoms with Crippen LogP contribution in [-0.4, -0.2) is 28.5 Å². The number of hydrogen-bond acceptors (Lipinski definition) is 2. The van der Waals surface area contributed by atoms with Gasteiger partial charge in [0, 0.05) is 36.4 Å². The second-order valence-corrected chi connectivity index (χ2v) is 6.66. The topological polar surface area (TPSA) is 34.5 Å². The Balaban J connectivity index is 1.47. The number of rotatable bonds is 5. The van der Waals surface area contributed by atoms with E-state index in [-0.39, 0.29) is 11.9 Å². The highest BCUT2D eigenvalue weighted by atomic mass is 35.5. The van der Waals surface area contributed by atoms with Gasteiger partial charge in [0.15, 0.2) is 0 Å². The van der Waals surface area contributed by atoms with Gasteiger partial charge in [-0.1, -0.05) is 11.6 Å². The fourth-order valence-electron chi connectivity index (χ4n) is 3.18. The number of amides is 1. The van der Waals surface area contributed by atoms with E-state index in [2.05, 4.69) is 23.8 Å². The minimum Gasteiger partial charge on any atom is -0.494 e. The van der Waals surface area contributed by atoms with Crippen molar-refractivity contribution < 1.29 is 9.53 Å². The average molecular weight is 347 g/mol. The second-order valence-electron chi connectivity index (χ2n) is 6.25. The molecule has 0 fully saturated rings. The van der Waals surface area contributed by atoms with E-state index in [1.54, 1.807) is 0 Å². The highest BCUT2D eigenvalue weighted by molar-refractivity contribution is 6.31. The summed E-state index contributed by atoms with van der Waals surface area (Å²) in [6.07, 6.45) is 3.30. The predicted molar refractivity (Wildman–Crippen MR) is 95.5 cm³/mol. The van der Waals surface area contributed by atoms with Crippen molar-refractivity contribution >= 4 is 17.5 Å². The SMILES string of the molecule is Cc1cc(OCCCC(=O)N2CCn3cccc3C2C)ccc1Cl. The summed E-state index contributed by atoms with van der Waals surface area (Å²) in [5.74, 6) is 0.999. The van der Waals surface area contributed by atoms with Crippen LogP contribution in [0.5, 0.6) is 5.75 Å². The lowest BCUT2D eigenvalue weighted by Crippen LogP contribution is -2.40. The minimum atomic E-state index is 0.140. The molecular weight excluding hydrogens is 324 g/mol. The Bertz CT molecular complexity index is 726. The van der Waals surface area contributed by atoms with Crippen molar-refractivity contribution in [1.82, 2.24) is 9.47 Å². The van der Waals surface area contributed by atoms with Gasteiger partial charge in [0.25, 0.3) is 0 Å². The maximum Gasteiger partial charge on any atom is 0.223 e. The molecule has 5 heteroatoms. The fraction of sp³-hybridized carbons (Fsp3) is 0.421. The maximum absolute atomic E-state index is 12.5. The van der Waals surface area contributed by atoms with E-state index >= 15 is 0 Å². The van der Waals surface area contributed by atoms with Crippen molar-refractivity contribution in [3.05, 3.63) is 52.8 Å². The number of fused-ring (bicyclic) bond motifs is 1. The summed E-state index contributed by atoms with van der Waals surface area (Å²) in [4.78, 5) is 14.5. The number of carbonyl (C=O) groups is 1. The fourth-order valence-corrected chi connectivity index (χ4v) is 3.30. The van der Waals surface area contributed by atoms with E-state index < -0.39 is 0 Å². The first-order chi connectivity index (χ1) is 11.6. The molecule has 0 spiro atoms. The van der Waals surface area contributed by atoms with Gasteiger partial charge >= 0.3 is 0 Å². The Kier molecular flexibility index (Phi) is 5.14. The van der Waals surface area contributed by atoms with E-state index in [1.165, 1.54) is 5.69 Å². The van der Waals surface area contributed by atoms with Crippen LogP contribution in [0.2, 0.25) is 5.02 Å². The Hall–Kier alpha value is -1.94. The maximum atomic E-state index is 12.5. The molecule has 1 aromatic heterocycles. The lowest BCUT2D eigenvalue weighted by atomic mass is 10.1. The predicted octanol–water partition coefficient (Wildman–Crippen LogP) is 4.21. The molecule has 2 aromatic rings. The molecule has 24 heavy (non-hydrogen) atoms. The summed E-state index contributed by atoms with van der Waals surface area (Å²) in [7, 11) is 0. The average Bonchev–Trinajstić information content (AvgIpc) is 3.04. The zero-order chi connectivity index (χ0) is 17.1. The number of aryl methyl sites for hydroxylation is 1. The normalized spacial score (nSPS) is 16.8. The lowest BCUT2D eigenvalue weighted by Gasteiger charge is -2.35. The van der Waals surface area contributed by atoms with Crippen molar-refractivity contribution in [3.8, 4) is 5.75 Å². The minimum absolute atomic E-state index is 0.140. The molecule has 1 aromatic carbocycles. The van der Waals surface area contributed by atoms with E-state index in [4.69, 9.17) is 16.3 Å². The molecular formula is C19H23ClN2O2. The quantitative estimate of drug-likeness (QED) is 0.760. The molecule has 3 rings (SSSR count). The van der Waals surface area contributed by atoms with Crippen LogP contribution in [-0.2, 0) is 11.3 Å². The summed E-state index contributed by atoms with van der Waals surface area (Å²) >= 11 is 6.00. The Morgan fingerprint density at radius 2 is 2.17 bits per heavy atom. The van der Waals surface area contributed by atoms with Gasteiger partial charge in [-0.05, 0) is 56.2 Å². The molecule has 0 N–H and O–H groups in total. The van der Waals surface area contributed by atoms with Gasteiger partial charge in [-0.25, -0.2) is 0 Å². The van der Waals surface area contributed by atoms with Crippen LogP contribution < -0.4 is 4.74 Å². The second kappa shape index (κ2) is 7.31. The largest absolute Gasteiger partial charge is 0.494 e. The molecule has 1 unspecified atom stereocenters. The number of nitrogens with zero attached hydrogens (tertiary/aromatic N) is 2. The number of benzene rings is 1. The molecule has 1 atom stereocenters. The molecule has 1 aliphatic rings. The summed E-state index contributed by atoms with van der Waals surface area (Å²) in [5, 5.41) is 0.737. The number of halogens is 1. The molecule has 1 aliphatic heterocycles. The molecule has 2 heterocycles. The van der Waals surface area contributed by atoms with Crippen LogP contribution in [0, 0.1) is 6.92 Å². The molecule has 4 nitrogen and oxygen atoms in total. The third-order valence-corrected chi connectivity index (χ3v) is 5.02. The molecule has 128 valence electrons. The van der Waals surface area contributed by atoms with Crippen LogP contribution >= 0.6 is 11.6 Å². The highest BCUT2D eigenvalue weighted by Crippen LogP contribution is 2.26. The molecule has 0 saturated heterocycles. The smallest absolute Gasteiger partial charge is 0.223 e. The summed E-state index contributed by atoms with van der Waals surface area (Å²) in [5.41, 5.74) is 2.21. The number of ether oxygens (including phenoxy) is 1. The Morgan fingerprint density at radius 1 is 1.33 bits per heavy atom.